The number of hydrogen-bond acceptors (Lipinski definition) is 1. The van der Waals surface area contributed by atoms with Gasteiger partial charge in [0.05, 0.1) is 0 Å². The van der Waals surface area contributed by atoms with Crippen molar-refractivity contribution in [3.8, 4) is 0 Å². The van der Waals surface area contributed by atoms with E-state index in [1.165, 1.54) is 16.2 Å². The third kappa shape index (κ3) is 3.78. The number of rotatable bonds is 5. The van der Waals surface area contributed by atoms with E-state index in [0.717, 1.165) is 11.0 Å². The molecule has 0 saturated carbocycles. The summed E-state index contributed by atoms with van der Waals surface area (Å²) in [6.07, 6.45) is 3.86. The second-order valence-electron chi connectivity index (χ2n) is 3.46. The molecular weight excluding hydrogens is 331 g/mol. The molecule has 2 nitrogen and oxygen atoms in total. The first-order valence-corrected chi connectivity index (χ1v) is 8.36. The van der Waals surface area contributed by atoms with Crippen LogP contribution in [0.5, 0.6) is 0 Å². The summed E-state index contributed by atoms with van der Waals surface area (Å²) < 4.78 is 3.06. The van der Waals surface area contributed by atoms with Crippen molar-refractivity contribution in [1.29, 1.82) is 0 Å². The van der Waals surface area contributed by atoms with Gasteiger partial charge in [0.2, 0.25) is 0 Å². The monoisotopic (exact) mass is 344 g/mol. The van der Waals surface area contributed by atoms with Gasteiger partial charge in [-0.05, 0) is 0 Å². The number of nitrogens with zero attached hydrogens (tertiary/aromatic N) is 2. The molecule has 0 aliphatic carbocycles. The van der Waals surface area contributed by atoms with Gasteiger partial charge in [-0.3, -0.25) is 0 Å². The van der Waals surface area contributed by atoms with Crippen LogP contribution in [0.3, 0.4) is 0 Å². The Morgan fingerprint density at radius 3 is 2.75 bits per heavy atom. The van der Waals surface area contributed by atoms with Crippen LogP contribution in [-0.2, 0) is 11.9 Å². The summed E-state index contributed by atoms with van der Waals surface area (Å²) in [6, 6.07) is 10.7. The first-order chi connectivity index (χ1) is 7.84. The predicted octanol–water partition coefficient (Wildman–Crippen LogP) is 2.97. The van der Waals surface area contributed by atoms with Crippen LogP contribution in [0, 0.1) is 0 Å². The van der Waals surface area contributed by atoms with Gasteiger partial charge >= 0.3 is 111 Å². The zero-order valence-electron chi connectivity index (χ0n) is 8.84. The molecule has 0 atom stereocenters. The summed E-state index contributed by atoms with van der Waals surface area (Å²) in [7, 11) is 0. The van der Waals surface area contributed by atoms with Gasteiger partial charge in [0.1, 0.15) is 0 Å². The van der Waals surface area contributed by atoms with Gasteiger partial charge in [-0.15, -0.1) is 0 Å². The molecule has 84 valence electrons. The molecule has 0 spiro atoms. The van der Waals surface area contributed by atoms with E-state index in [1.807, 2.05) is 17.1 Å². The van der Waals surface area contributed by atoms with Crippen LogP contribution in [0.1, 0.15) is 5.56 Å². The van der Waals surface area contributed by atoms with Crippen molar-refractivity contribution >= 4 is 30.9 Å². The number of benzene rings is 1. The molecule has 0 amide bonds. The molecule has 0 bridgehead atoms. The Kier molecular flexibility index (Phi) is 4.64. The minimum absolute atomic E-state index is 0.666. The molecule has 0 unspecified atom stereocenters. The molecule has 1 heterocycles. The summed E-state index contributed by atoms with van der Waals surface area (Å²) in [4.78, 5) is 0. The van der Waals surface area contributed by atoms with Gasteiger partial charge in [-0.1, -0.05) is 0 Å². The van der Waals surface area contributed by atoms with E-state index in [9.17, 15) is 0 Å². The number of hydrogen-bond donors (Lipinski definition) is 0. The van der Waals surface area contributed by atoms with Crippen LogP contribution in [0.15, 0.2) is 47.2 Å². The van der Waals surface area contributed by atoms with Gasteiger partial charge < -0.3 is 0 Å². The van der Waals surface area contributed by atoms with E-state index in [1.54, 1.807) is 0 Å². The summed E-state index contributed by atoms with van der Waals surface area (Å²) >= 11 is 4.07. The molecular formula is C12H13BrN2Se. The van der Waals surface area contributed by atoms with Crippen LogP contribution in [0.4, 0.5) is 0 Å². The van der Waals surface area contributed by atoms with Crippen LogP contribution < -0.4 is 0 Å². The summed E-state index contributed by atoms with van der Waals surface area (Å²) in [5.74, 6) is 0. The second-order valence-corrected chi connectivity index (χ2v) is 6.69. The first kappa shape index (κ1) is 11.9. The molecule has 0 aliphatic heterocycles. The van der Waals surface area contributed by atoms with E-state index < -0.39 is 0 Å². The molecule has 1 aromatic heterocycles. The van der Waals surface area contributed by atoms with Crippen LogP contribution in [-0.4, -0.2) is 24.7 Å². The van der Waals surface area contributed by atoms with E-state index >= 15 is 0 Å². The number of aromatic nitrogens is 2. The van der Waals surface area contributed by atoms with E-state index in [0.29, 0.717) is 15.0 Å². The van der Waals surface area contributed by atoms with Crippen molar-refractivity contribution in [2.24, 2.45) is 0 Å². The minimum atomic E-state index is 0.666. The topological polar surface area (TPSA) is 17.8 Å². The zero-order valence-corrected chi connectivity index (χ0v) is 12.1. The molecule has 2 aromatic rings. The Hall–Kier alpha value is -0.571. The molecule has 4 heteroatoms. The van der Waals surface area contributed by atoms with Crippen LogP contribution in [0.2, 0.25) is 5.32 Å². The molecule has 0 aliphatic rings. The fourth-order valence-corrected chi connectivity index (χ4v) is 3.58. The Balaban J connectivity index is 1.69. The standard InChI is InChI=1S/C12H13BrN2Se/c13-12-8-14-15(9-12)6-7-16-10-11-4-2-1-3-5-11/h1-5,8-9H,6-7,10H2. The van der Waals surface area contributed by atoms with Gasteiger partial charge in [-0.25, -0.2) is 0 Å². The third-order valence-electron chi connectivity index (χ3n) is 2.18. The van der Waals surface area contributed by atoms with Crippen molar-refractivity contribution in [3.05, 3.63) is 52.8 Å². The Labute approximate surface area is 110 Å². The van der Waals surface area contributed by atoms with E-state index in [4.69, 9.17) is 0 Å². The Morgan fingerprint density at radius 1 is 1.25 bits per heavy atom. The average Bonchev–Trinajstić information content (AvgIpc) is 2.72. The Bertz CT molecular complexity index is 428. The van der Waals surface area contributed by atoms with Gasteiger partial charge in [0.25, 0.3) is 0 Å². The van der Waals surface area contributed by atoms with Crippen molar-refractivity contribution < 1.29 is 0 Å². The Morgan fingerprint density at radius 2 is 2.06 bits per heavy atom. The molecule has 1 aromatic carbocycles. The van der Waals surface area contributed by atoms with Crippen molar-refractivity contribution in [3.63, 3.8) is 0 Å². The molecule has 0 saturated heterocycles. The number of aryl methyl sites for hydroxylation is 1. The normalized spacial score (nSPS) is 10.6. The van der Waals surface area contributed by atoms with Gasteiger partial charge in [0, 0.05) is 0 Å². The third-order valence-corrected chi connectivity index (χ3v) is 4.70. The van der Waals surface area contributed by atoms with E-state index in [-0.39, 0.29) is 0 Å². The van der Waals surface area contributed by atoms with Gasteiger partial charge in [-0.2, -0.15) is 0 Å². The second kappa shape index (κ2) is 6.24. The summed E-state index contributed by atoms with van der Waals surface area (Å²) in [5, 5.41) is 6.69. The van der Waals surface area contributed by atoms with Gasteiger partial charge in [0.15, 0.2) is 0 Å². The first-order valence-electron chi connectivity index (χ1n) is 5.14. The van der Waals surface area contributed by atoms with E-state index in [2.05, 4.69) is 51.4 Å². The fourth-order valence-electron chi connectivity index (χ4n) is 1.38. The van der Waals surface area contributed by atoms with Crippen molar-refractivity contribution in [2.45, 2.75) is 17.2 Å². The maximum absolute atomic E-state index is 4.24. The zero-order chi connectivity index (χ0) is 11.2. The summed E-state index contributed by atoms with van der Waals surface area (Å²) in [6.45, 7) is 1.03. The fraction of sp³-hybridized carbons (Fsp3) is 0.250. The summed E-state index contributed by atoms with van der Waals surface area (Å²) in [5.41, 5.74) is 1.45. The molecule has 16 heavy (non-hydrogen) atoms. The van der Waals surface area contributed by atoms with Crippen LogP contribution in [0.25, 0.3) is 0 Å². The predicted molar refractivity (Wildman–Crippen MR) is 70.6 cm³/mol. The average molecular weight is 344 g/mol. The molecule has 0 radical (unpaired) electrons. The molecule has 0 N–H and O–H groups in total. The maximum atomic E-state index is 4.24. The quantitative estimate of drug-likeness (QED) is 0.602. The van der Waals surface area contributed by atoms with Crippen molar-refractivity contribution in [1.82, 2.24) is 9.78 Å². The molecule has 0 fully saturated rings. The van der Waals surface area contributed by atoms with Crippen LogP contribution >= 0.6 is 15.9 Å². The SMILES string of the molecule is Brc1cnn(CC[Se]Cc2ccccc2)c1. The molecule has 2 rings (SSSR count). The number of halogens is 1. The van der Waals surface area contributed by atoms with Crippen molar-refractivity contribution in [2.75, 3.05) is 0 Å².